The summed E-state index contributed by atoms with van der Waals surface area (Å²) in [7, 11) is 0. The fourth-order valence-corrected chi connectivity index (χ4v) is 3.04. The van der Waals surface area contributed by atoms with Crippen molar-refractivity contribution in [1.82, 2.24) is 4.98 Å². The molecule has 0 fully saturated rings. The van der Waals surface area contributed by atoms with Crippen molar-refractivity contribution in [1.29, 1.82) is 0 Å². The summed E-state index contributed by atoms with van der Waals surface area (Å²) in [6.07, 6.45) is 0. The van der Waals surface area contributed by atoms with E-state index in [0.29, 0.717) is 6.61 Å². The smallest absolute Gasteiger partial charge is 0.188 e. The van der Waals surface area contributed by atoms with Gasteiger partial charge in [0.1, 0.15) is 5.75 Å². The number of ether oxygens (including phenoxy) is 1. The van der Waals surface area contributed by atoms with Gasteiger partial charge in [-0.15, -0.1) is 0 Å². The summed E-state index contributed by atoms with van der Waals surface area (Å²) in [5, 5.41) is 4.87. The molecule has 5 heteroatoms. The first-order valence-corrected chi connectivity index (χ1v) is 7.50. The van der Waals surface area contributed by atoms with Crippen LogP contribution in [0.25, 0.3) is 10.2 Å². The third-order valence-corrected chi connectivity index (χ3v) is 3.94. The Balaban J connectivity index is 1.81. The van der Waals surface area contributed by atoms with E-state index in [1.165, 1.54) is 0 Å². The lowest BCUT2D eigenvalue weighted by molar-refractivity contribution is 0.340. The standard InChI is InChI=1S/C15H13ClN2OS/c1-2-19-12-6-4-11(5-7-12)17-15-18-13-8-3-10(16)9-14(13)20-15/h3-9H,2H2,1H3,(H,17,18). The van der Waals surface area contributed by atoms with Crippen LogP contribution in [0.5, 0.6) is 5.75 Å². The van der Waals surface area contributed by atoms with Crippen LogP contribution in [0.3, 0.4) is 0 Å². The van der Waals surface area contributed by atoms with E-state index in [1.54, 1.807) is 11.3 Å². The van der Waals surface area contributed by atoms with Crippen LogP contribution in [0.4, 0.5) is 10.8 Å². The van der Waals surface area contributed by atoms with Gasteiger partial charge in [0.15, 0.2) is 5.13 Å². The third kappa shape index (κ3) is 2.86. The quantitative estimate of drug-likeness (QED) is 0.729. The van der Waals surface area contributed by atoms with Crippen molar-refractivity contribution in [3.8, 4) is 5.75 Å². The molecule has 20 heavy (non-hydrogen) atoms. The number of thiazole rings is 1. The van der Waals surface area contributed by atoms with Gasteiger partial charge in [-0.1, -0.05) is 22.9 Å². The maximum absolute atomic E-state index is 5.98. The largest absolute Gasteiger partial charge is 0.494 e. The highest BCUT2D eigenvalue weighted by atomic mass is 35.5. The van der Waals surface area contributed by atoms with Gasteiger partial charge in [-0.25, -0.2) is 4.98 Å². The Hall–Kier alpha value is -1.78. The van der Waals surface area contributed by atoms with Crippen molar-refractivity contribution in [3.05, 3.63) is 47.5 Å². The average Bonchev–Trinajstić information content (AvgIpc) is 2.82. The fourth-order valence-electron chi connectivity index (χ4n) is 1.88. The first kappa shape index (κ1) is 13.2. The van der Waals surface area contributed by atoms with Crippen LogP contribution < -0.4 is 10.1 Å². The lowest BCUT2D eigenvalue weighted by Gasteiger charge is -2.05. The minimum absolute atomic E-state index is 0.672. The fraction of sp³-hybridized carbons (Fsp3) is 0.133. The number of fused-ring (bicyclic) bond motifs is 1. The maximum Gasteiger partial charge on any atom is 0.188 e. The average molecular weight is 305 g/mol. The molecule has 1 heterocycles. The van der Waals surface area contributed by atoms with Crippen LogP contribution in [0.2, 0.25) is 5.02 Å². The molecule has 0 amide bonds. The Labute approximate surface area is 126 Å². The van der Waals surface area contributed by atoms with Crippen LogP contribution in [-0.2, 0) is 0 Å². The van der Waals surface area contributed by atoms with E-state index in [9.17, 15) is 0 Å². The summed E-state index contributed by atoms with van der Waals surface area (Å²) < 4.78 is 6.49. The zero-order valence-electron chi connectivity index (χ0n) is 10.9. The number of nitrogens with one attached hydrogen (secondary N) is 1. The number of aromatic nitrogens is 1. The molecule has 1 N–H and O–H groups in total. The molecule has 3 nitrogen and oxygen atoms in total. The number of nitrogens with zero attached hydrogens (tertiary/aromatic N) is 1. The summed E-state index contributed by atoms with van der Waals surface area (Å²) >= 11 is 7.56. The lowest BCUT2D eigenvalue weighted by atomic mass is 10.3. The summed E-state index contributed by atoms with van der Waals surface area (Å²) in [5.74, 6) is 0.870. The molecule has 0 saturated carbocycles. The lowest BCUT2D eigenvalue weighted by Crippen LogP contribution is -1.92. The minimum Gasteiger partial charge on any atom is -0.494 e. The second-order valence-corrected chi connectivity index (χ2v) is 5.68. The van der Waals surface area contributed by atoms with E-state index in [4.69, 9.17) is 16.3 Å². The van der Waals surface area contributed by atoms with Crippen molar-refractivity contribution in [2.75, 3.05) is 11.9 Å². The minimum atomic E-state index is 0.672. The Morgan fingerprint density at radius 3 is 2.75 bits per heavy atom. The normalized spacial score (nSPS) is 10.7. The molecule has 0 radical (unpaired) electrons. The zero-order chi connectivity index (χ0) is 13.9. The molecule has 0 aliphatic rings. The summed E-state index contributed by atoms with van der Waals surface area (Å²) in [5.41, 5.74) is 1.94. The Kier molecular flexibility index (Phi) is 3.76. The van der Waals surface area contributed by atoms with E-state index in [0.717, 1.165) is 31.8 Å². The Morgan fingerprint density at radius 1 is 1.20 bits per heavy atom. The van der Waals surface area contributed by atoms with Crippen LogP contribution >= 0.6 is 22.9 Å². The van der Waals surface area contributed by atoms with Crippen molar-refractivity contribution in [2.45, 2.75) is 6.92 Å². The van der Waals surface area contributed by atoms with Gasteiger partial charge >= 0.3 is 0 Å². The van der Waals surface area contributed by atoms with Gasteiger partial charge in [0.2, 0.25) is 0 Å². The summed E-state index contributed by atoms with van der Waals surface area (Å²) in [6.45, 7) is 2.64. The van der Waals surface area contributed by atoms with Gasteiger partial charge < -0.3 is 10.1 Å². The highest BCUT2D eigenvalue weighted by molar-refractivity contribution is 7.22. The van der Waals surface area contributed by atoms with E-state index in [-0.39, 0.29) is 0 Å². The summed E-state index contributed by atoms with van der Waals surface area (Å²) in [6, 6.07) is 13.5. The van der Waals surface area contributed by atoms with Gasteiger partial charge in [0, 0.05) is 10.7 Å². The second-order valence-electron chi connectivity index (χ2n) is 4.21. The number of hydrogen-bond acceptors (Lipinski definition) is 4. The van der Waals surface area contributed by atoms with Crippen LogP contribution in [0.1, 0.15) is 6.92 Å². The molecule has 0 aliphatic carbocycles. The molecule has 0 unspecified atom stereocenters. The molecule has 0 bridgehead atoms. The van der Waals surface area contributed by atoms with Crippen molar-refractivity contribution >= 4 is 44.0 Å². The molecular formula is C15H13ClN2OS. The molecule has 1 aromatic heterocycles. The SMILES string of the molecule is CCOc1ccc(Nc2nc3ccc(Cl)cc3s2)cc1. The predicted octanol–water partition coefficient (Wildman–Crippen LogP) is 5.09. The Morgan fingerprint density at radius 2 is 2.00 bits per heavy atom. The summed E-state index contributed by atoms with van der Waals surface area (Å²) in [4.78, 5) is 4.53. The van der Waals surface area contributed by atoms with E-state index in [2.05, 4.69) is 10.3 Å². The van der Waals surface area contributed by atoms with Gasteiger partial charge in [-0.2, -0.15) is 0 Å². The van der Waals surface area contributed by atoms with Crippen molar-refractivity contribution in [3.63, 3.8) is 0 Å². The topological polar surface area (TPSA) is 34.1 Å². The number of benzene rings is 2. The van der Waals surface area contributed by atoms with Gasteiger partial charge in [0.05, 0.1) is 16.8 Å². The van der Waals surface area contributed by atoms with Gasteiger partial charge in [0.25, 0.3) is 0 Å². The number of hydrogen-bond donors (Lipinski definition) is 1. The molecule has 0 spiro atoms. The second kappa shape index (κ2) is 5.69. The van der Waals surface area contributed by atoms with Gasteiger partial charge in [-0.3, -0.25) is 0 Å². The van der Waals surface area contributed by atoms with Crippen LogP contribution in [0, 0.1) is 0 Å². The van der Waals surface area contributed by atoms with E-state index < -0.39 is 0 Å². The molecule has 0 saturated heterocycles. The number of halogens is 1. The molecule has 2 aromatic carbocycles. The van der Waals surface area contributed by atoms with E-state index in [1.807, 2.05) is 49.4 Å². The molecule has 0 atom stereocenters. The number of anilines is 2. The highest BCUT2D eigenvalue weighted by Gasteiger charge is 2.04. The van der Waals surface area contributed by atoms with Gasteiger partial charge in [-0.05, 0) is 49.4 Å². The zero-order valence-corrected chi connectivity index (χ0v) is 12.5. The first-order valence-electron chi connectivity index (χ1n) is 6.30. The molecule has 102 valence electrons. The predicted molar refractivity (Wildman–Crippen MR) is 85.5 cm³/mol. The molecule has 0 aliphatic heterocycles. The van der Waals surface area contributed by atoms with E-state index >= 15 is 0 Å². The molecular weight excluding hydrogens is 292 g/mol. The molecule has 3 rings (SSSR count). The number of rotatable bonds is 4. The highest BCUT2D eigenvalue weighted by Crippen LogP contribution is 2.30. The molecule has 3 aromatic rings. The first-order chi connectivity index (χ1) is 9.74. The Bertz CT molecular complexity index is 724. The monoisotopic (exact) mass is 304 g/mol. The van der Waals surface area contributed by atoms with Crippen LogP contribution in [-0.4, -0.2) is 11.6 Å². The third-order valence-electron chi connectivity index (χ3n) is 2.77. The van der Waals surface area contributed by atoms with Crippen molar-refractivity contribution < 1.29 is 4.74 Å². The van der Waals surface area contributed by atoms with Crippen molar-refractivity contribution in [2.24, 2.45) is 0 Å². The maximum atomic E-state index is 5.98. The van der Waals surface area contributed by atoms with Crippen LogP contribution in [0.15, 0.2) is 42.5 Å².